The van der Waals surface area contributed by atoms with Gasteiger partial charge in [-0.25, -0.2) is 4.98 Å². The molecule has 3 aromatic rings. The molecule has 0 aliphatic carbocycles. The molecule has 0 bridgehead atoms. The Morgan fingerprint density at radius 2 is 1.94 bits per heavy atom. The molecule has 162 valence electrons. The van der Waals surface area contributed by atoms with Crippen LogP contribution in [0.2, 0.25) is 0 Å². The minimum atomic E-state index is -4.44. The zero-order chi connectivity index (χ0) is 21.8. The number of aromatic amines is 1. The van der Waals surface area contributed by atoms with Crippen molar-refractivity contribution in [3.8, 4) is 17.1 Å². The number of rotatable bonds is 5. The Balaban J connectivity index is 1.50. The summed E-state index contributed by atoms with van der Waals surface area (Å²) in [5.74, 6) is 1.06. The van der Waals surface area contributed by atoms with E-state index in [0.29, 0.717) is 24.5 Å². The minimum absolute atomic E-state index is 0.102. The van der Waals surface area contributed by atoms with Gasteiger partial charge in [-0.05, 0) is 43.5 Å². The molecule has 1 amide bonds. The molecule has 31 heavy (non-hydrogen) atoms. The van der Waals surface area contributed by atoms with Crippen molar-refractivity contribution in [1.29, 1.82) is 0 Å². The summed E-state index contributed by atoms with van der Waals surface area (Å²) < 4.78 is 44.6. The molecule has 0 saturated carbocycles. The number of likely N-dealkylation sites (tertiary alicyclic amines) is 1. The van der Waals surface area contributed by atoms with Crippen LogP contribution in [0.1, 0.15) is 36.7 Å². The van der Waals surface area contributed by atoms with Gasteiger partial charge in [0.05, 0.1) is 11.6 Å². The number of halogens is 3. The molecule has 1 saturated heterocycles. The summed E-state index contributed by atoms with van der Waals surface area (Å²) in [5.41, 5.74) is -0.498. The lowest BCUT2D eigenvalue weighted by molar-refractivity contribution is -0.138. The van der Waals surface area contributed by atoms with Crippen molar-refractivity contribution in [2.45, 2.75) is 31.5 Å². The Hall–Kier alpha value is -3.36. The lowest BCUT2D eigenvalue weighted by atomic mass is 10.0. The van der Waals surface area contributed by atoms with Gasteiger partial charge in [0.2, 0.25) is 0 Å². The third-order valence-corrected chi connectivity index (χ3v) is 5.20. The van der Waals surface area contributed by atoms with Crippen LogP contribution in [0.25, 0.3) is 11.4 Å². The number of H-pyrrole nitrogens is 1. The summed E-state index contributed by atoms with van der Waals surface area (Å²) in [4.78, 5) is 18.9. The minimum Gasteiger partial charge on any atom is -0.484 e. The van der Waals surface area contributed by atoms with Crippen molar-refractivity contribution in [3.63, 3.8) is 0 Å². The average molecular weight is 430 g/mol. The van der Waals surface area contributed by atoms with Gasteiger partial charge in [-0.15, -0.1) is 0 Å². The molecular formula is C22H21F3N4O2. The number of piperidine rings is 1. The van der Waals surface area contributed by atoms with Gasteiger partial charge < -0.3 is 9.64 Å². The number of ether oxygens (including phenoxy) is 1. The first-order valence-electron chi connectivity index (χ1n) is 9.99. The van der Waals surface area contributed by atoms with E-state index in [1.165, 1.54) is 12.1 Å². The predicted molar refractivity (Wildman–Crippen MR) is 107 cm³/mol. The number of alkyl halides is 3. The zero-order valence-corrected chi connectivity index (χ0v) is 16.6. The molecule has 2 heterocycles. The molecule has 0 radical (unpaired) electrons. The number of amides is 1. The first-order chi connectivity index (χ1) is 14.9. The summed E-state index contributed by atoms with van der Waals surface area (Å²) in [5, 5.41) is 6.91. The van der Waals surface area contributed by atoms with E-state index in [1.807, 2.05) is 18.2 Å². The summed E-state index contributed by atoms with van der Waals surface area (Å²) in [6.45, 7) is 0.455. The zero-order valence-electron chi connectivity index (χ0n) is 16.6. The number of hydrogen-bond acceptors (Lipinski definition) is 4. The van der Waals surface area contributed by atoms with Gasteiger partial charge in [0.25, 0.3) is 5.91 Å². The van der Waals surface area contributed by atoms with E-state index in [2.05, 4.69) is 15.2 Å². The van der Waals surface area contributed by atoms with Gasteiger partial charge >= 0.3 is 6.18 Å². The number of para-hydroxylation sites is 1. The molecule has 1 aliphatic rings. The fraction of sp³-hybridized carbons (Fsp3) is 0.318. The van der Waals surface area contributed by atoms with Crippen LogP contribution in [0, 0.1) is 0 Å². The third-order valence-electron chi connectivity index (χ3n) is 5.20. The van der Waals surface area contributed by atoms with Crippen LogP contribution in [0.15, 0.2) is 54.6 Å². The molecule has 1 aromatic heterocycles. The van der Waals surface area contributed by atoms with Gasteiger partial charge in [0.1, 0.15) is 11.6 Å². The summed E-state index contributed by atoms with van der Waals surface area (Å²) in [7, 11) is 0. The van der Waals surface area contributed by atoms with Crippen LogP contribution in [0.4, 0.5) is 13.2 Å². The first kappa shape index (κ1) is 20.9. The maximum Gasteiger partial charge on any atom is 0.416 e. The highest BCUT2D eigenvalue weighted by Gasteiger charge is 2.32. The summed E-state index contributed by atoms with van der Waals surface area (Å²) >= 11 is 0. The quantitative estimate of drug-likeness (QED) is 0.641. The Morgan fingerprint density at radius 3 is 2.71 bits per heavy atom. The lowest BCUT2D eigenvalue weighted by Gasteiger charge is -2.34. The molecule has 6 nitrogen and oxygen atoms in total. The SMILES string of the molecule is O=C(COc1ccccc1)N1CCCC[C@@H]1c1nc(-c2cccc(C(F)(F)F)c2)n[nH]1. The summed E-state index contributed by atoms with van der Waals surface area (Å²) in [6, 6.07) is 13.6. The molecule has 2 aromatic carbocycles. The van der Waals surface area contributed by atoms with Gasteiger partial charge in [-0.3, -0.25) is 9.89 Å². The van der Waals surface area contributed by atoms with Gasteiger partial charge in [-0.2, -0.15) is 18.3 Å². The summed E-state index contributed by atoms with van der Waals surface area (Å²) in [6.07, 6.45) is -1.98. The third kappa shape index (κ3) is 4.87. The van der Waals surface area contributed by atoms with E-state index >= 15 is 0 Å². The monoisotopic (exact) mass is 430 g/mol. The number of nitrogens with one attached hydrogen (secondary N) is 1. The number of carbonyl (C=O) groups excluding carboxylic acids is 1. The van der Waals surface area contributed by atoms with Crippen molar-refractivity contribution >= 4 is 5.91 Å². The van der Waals surface area contributed by atoms with E-state index in [1.54, 1.807) is 17.0 Å². The van der Waals surface area contributed by atoms with Crippen molar-refractivity contribution in [3.05, 3.63) is 66.0 Å². The molecule has 0 unspecified atom stereocenters. The lowest BCUT2D eigenvalue weighted by Crippen LogP contribution is -2.41. The first-order valence-corrected chi connectivity index (χ1v) is 9.99. The van der Waals surface area contributed by atoms with Crippen molar-refractivity contribution in [2.24, 2.45) is 0 Å². The second-order valence-corrected chi connectivity index (χ2v) is 7.32. The highest BCUT2D eigenvalue weighted by atomic mass is 19.4. The molecule has 1 fully saturated rings. The second kappa shape index (κ2) is 8.79. The van der Waals surface area contributed by atoms with Crippen molar-refractivity contribution < 1.29 is 22.7 Å². The number of benzene rings is 2. The maximum atomic E-state index is 13.0. The van der Waals surface area contributed by atoms with Crippen LogP contribution < -0.4 is 4.74 Å². The molecule has 1 atom stereocenters. The standard InChI is InChI=1S/C22H21F3N4O2/c23-22(24,25)16-8-6-7-15(13-16)20-26-21(28-27-20)18-11-4-5-12-29(18)19(30)14-31-17-9-2-1-3-10-17/h1-3,6-10,13,18H,4-5,11-12,14H2,(H,26,27,28)/t18-/m1/s1. The van der Waals surface area contributed by atoms with Crippen LogP contribution in [-0.4, -0.2) is 39.1 Å². The molecule has 1 N–H and O–H groups in total. The molecule has 9 heteroatoms. The van der Waals surface area contributed by atoms with Crippen LogP contribution in [0.5, 0.6) is 5.75 Å². The Kier molecular flexibility index (Phi) is 5.92. The fourth-order valence-corrected chi connectivity index (χ4v) is 3.65. The highest BCUT2D eigenvalue weighted by molar-refractivity contribution is 5.78. The van der Waals surface area contributed by atoms with Crippen LogP contribution in [-0.2, 0) is 11.0 Å². The van der Waals surface area contributed by atoms with E-state index in [4.69, 9.17) is 4.74 Å². The Labute approximate surface area is 177 Å². The highest BCUT2D eigenvalue weighted by Crippen LogP contribution is 2.33. The molecular weight excluding hydrogens is 409 g/mol. The molecule has 4 rings (SSSR count). The largest absolute Gasteiger partial charge is 0.484 e. The van der Waals surface area contributed by atoms with Crippen LogP contribution >= 0.6 is 0 Å². The Morgan fingerprint density at radius 1 is 1.13 bits per heavy atom. The number of nitrogens with zero attached hydrogens (tertiary/aromatic N) is 3. The fourth-order valence-electron chi connectivity index (χ4n) is 3.65. The van der Waals surface area contributed by atoms with Gasteiger partial charge in [0.15, 0.2) is 12.4 Å². The predicted octanol–water partition coefficient (Wildman–Crippen LogP) is 4.62. The number of carbonyl (C=O) groups is 1. The number of aromatic nitrogens is 3. The average Bonchev–Trinajstić information content (AvgIpc) is 3.28. The maximum absolute atomic E-state index is 13.0. The topological polar surface area (TPSA) is 71.1 Å². The number of hydrogen-bond donors (Lipinski definition) is 1. The van der Waals surface area contributed by atoms with Crippen molar-refractivity contribution in [1.82, 2.24) is 20.1 Å². The van der Waals surface area contributed by atoms with Crippen LogP contribution in [0.3, 0.4) is 0 Å². The Bertz CT molecular complexity index is 1040. The van der Waals surface area contributed by atoms with Crippen molar-refractivity contribution in [2.75, 3.05) is 13.2 Å². The molecule has 1 aliphatic heterocycles. The second-order valence-electron chi connectivity index (χ2n) is 7.32. The van der Waals surface area contributed by atoms with Gasteiger partial charge in [0, 0.05) is 12.1 Å². The molecule has 0 spiro atoms. The van der Waals surface area contributed by atoms with E-state index in [0.717, 1.165) is 25.0 Å². The van der Waals surface area contributed by atoms with E-state index in [9.17, 15) is 18.0 Å². The normalized spacial score (nSPS) is 16.9. The smallest absolute Gasteiger partial charge is 0.416 e. The van der Waals surface area contributed by atoms with Gasteiger partial charge in [-0.1, -0.05) is 30.3 Å². The van der Waals surface area contributed by atoms with E-state index in [-0.39, 0.29) is 29.9 Å². The van der Waals surface area contributed by atoms with E-state index < -0.39 is 11.7 Å².